The molecule has 0 bridgehead atoms. The first-order chi connectivity index (χ1) is 7.27. The van der Waals surface area contributed by atoms with Gasteiger partial charge in [-0.05, 0) is 18.2 Å². The molecule has 0 aromatic carbocycles. The Balaban J connectivity index is 2.37. The van der Waals surface area contributed by atoms with Crippen LogP contribution in [0.15, 0.2) is 51.4 Å². The minimum Gasteiger partial charge on any atom is -0.268 e. The molecule has 2 heterocycles. The van der Waals surface area contributed by atoms with Crippen LogP contribution in [0, 0.1) is 0 Å². The zero-order valence-corrected chi connectivity index (χ0v) is 8.40. The second-order valence-corrected chi connectivity index (χ2v) is 4.07. The summed E-state index contributed by atoms with van der Waals surface area (Å²) in [6.07, 6.45) is 1.55. The third-order valence-corrected chi connectivity index (χ3v) is 2.90. The molecular formula is C9H7N3O2S. The second kappa shape index (κ2) is 4.14. The van der Waals surface area contributed by atoms with Crippen molar-refractivity contribution >= 4 is 10.8 Å². The first kappa shape index (κ1) is 9.72. The molecule has 1 N–H and O–H groups in total. The summed E-state index contributed by atoms with van der Waals surface area (Å²) in [6, 6.07) is 7.82. The Morgan fingerprint density at radius 1 is 1.13 bits per heavy atom. The fourth-order valence-corrected chi connectivity index (χ4v) is 1.89. The maximum absolute atomic E-state index is 11.8. The molecule has 1 atom stereocenters. The van der Waals surface area contributed by atoms with E-state index in [0.29, 0.717) is 5.03 Å². The molecule has 2 aromatic rings. The molecule has 5 nitrogen and oxygen atoms in total. The van der Waals surface area contributed by atoms with Crippen LogP contribution in [0.25, 0.3) is 0 Å². The number of hydrogen-bond acceptors (Lipinski definition) is 4. The summed E-state index contributed by atoms with van der Waals surface area (Å²) >= 11 is 0. The second-order valence-electron chi connectivity index (χ2n) is 2.70. The first-order valence-corrected chi connectivity index (χ1v) is 5.31. The molecule has 2 rings (SSSR count). The van der Waals surface area contributed by atoms with Gasteiger partial charge < -0.3 is 0 Å². The van der Waals surface area contributed by atoms with Crippen molar-refractivity contribution in [2.24, 2.45) is 0 Å². The van der Waals surface area contributed by atoms with E-state index in [4.69, 9.17) is 0 Å². The van der Waals surface area contributed by atoms with Gasteiger partial charge in [-0.15, -0.1) is 0 Å². The van der Waals surface area contributed by atoms with E-state index in [9.17, 15) is 9.00 Å². The fourth-order valence-electron chi connectivity index (χ4n) is 0.999. The van der Waals surface area contributed by atoms with Gasteiger partial charge in [0.2, 0.25) is 0 Å². The lowest BCUT2D eigenvalue weighted by Gasteiger charge is -1.98. The zero-order chi connectivity index (χ0) is 10.7. The highest BCUT2D eigenvalue weighted by Gasteiger charge is 2.08. The predicted octanol–water partition coefficient (Wildman–Crippen LogP) is 0.332. The van der Waals surface area contributed by atoms with Gasteiger partial charge in [0.25, 0.3) is 5.56 Å². The summed E-state index contributed by atoms with van der Waals surface area (Å²) in [5.41, 5.74) is -0.322. The van der Waals surface area contributed by atoms with Crippen molar-refractivity contribution in [2.75, 3.05) is 0 Å². The Morgan fingerprint density at radius 3 is 2.60 bits per heavy atom. The summed E-state index contributed by atoms with van der Waals surface area (Å²) in [5.74, 6) is 0. The van der Waals surface area contributed by atoms with E-state index in [1.54, 1.807) is 24.4 Å². The highest BCUT2D eigenvalue weighted by Crippen LogP contribution is 2.08. The van der Waals surface area contributed by atoms with Crippen molar-refractivity contribution in [1.82, 2.24) is 15.2 Å². The third kappa shape index (κ3) is 2.16. The maximum Gasteiger partial charge on any atom is 0.264 e. The fraction of sp³-hybridized carbons (Fsp3) is 0. The van der Waals surface area contributed by atoms with Crippen molar-refractivity contribution in [3.05, 3.63) is 46.9 Å². The molecule has 15 heavy (non-hydrogen) atoms. The van der Waals surface area contributed by atoms with Gasteiger partial charge in [-0.25, -0.2) is 14.3 Å². The lowest BCUT2D eigenvalue weighted by Crippen LogP contribution is -2.09. The van der Waals surface area contributed by atoms with E-state index in [2.05, 4.69) is 15.2 Å². The average Bonchev–Trinajstić information content (AvgIpc) is 2.30. The Kier molecular flexibility index (Phi) is 2.68. The van der Waals surface area contributed by atoms with E-state index in [1.807, 2.05) is 0 Å². The summed E-state index contributed by atoms with van der Waals surface area (Å²) in [5, 5.41) is 6.60. The number of aromatic nitrogens is 3. The van der Waals surface area contributed by atoms with Crippen molar-refractivity contribution in [1.29, 1.82) is 0 Å². The van der Waals surface area contributed by atoms with Gasteiger partial charge >= 0.3 is 0 Å². The monoisotopic (exact) mass is 221 g/mol. The molecule has 0 spiro atoms. The van der Waals surface area contributed by atoms with E-state index in [0.717, 1.165) is 0 Å². The molecule has 0 radical (unpaired) electrons. The van der Waals surface area contributed by atoms with Gasteiger partial charge in [-0.3, -0.25) is 4.79 Å². The lowest BCUT2D eigenvalue weighted by atomic mass is 10.5. The van der Waals surface area contributed by atoms with Crippen molar-refractivity contribution < 1.29 is 4.21 Å². The van der Waals surface area contributed by atoms with Gasteiger partial charge in [-0.1, -0.05) is 6.07 Å². The predicted molar refractivity (Wildman–Crippen MR) is 53.8 cm³/mol. The first-order valence-electron chi connectivity index (χ1n) is 4.16. The van der Waals surface area contributed by atoms with Gasteiger partial charge in [0, 0.05) is 12.3 Å². The van der Waals surface area contributed by atoms with Crippen molar-refractivity contribution in [3.8, 4) is 0 Å². The van der Waals surface area contributed by atoms with E-state index >= 15 is 0 Å². The van der Waals surface area contributed by atoms with E-state index in [1.165, 1.54) is 12.1 Å². The molecular weight excluding hydrogens is 214 g/mol. The third-order valence-electron chi connectivity index (χ3n) is 1.67. The number of pyridine rings is 1. The maximum atomic E-state index is 11.8. The van der Waals surface area contributed by atoms with Crippen LogP contribution in [0.3, 0.4) is 0 Å². The molecule has 0 amide bonds. The molecule has 0 saturated heterocycles. The van der Waals surface area contributed by atoms with Crippen LogP contribution in [-0.2, 0) is 10.8 Å². The number of nitrogens with zero attached hydrogens (tertiary/aromatic N) is 2. The van der Waals surface area contributed by atoms with E-state index < -0.39 is 10.8 Å². The van der Waals surface area contributed by atoms with Crippen molar-refractivity contribution in [3.63, 3.8) is 0 Å². The molecule has 0 fully saturated rings. The van der Waals surface area contributed by atoms with Gasteiger partial charge in [0.05, 0.1) is 0 Å². The van der Waals surface area contributed by atoms with Crippen LogP contribution < -0.4 is 5.56 Å². The highest BCUT2D eigenvalue weighted by molar-refractivity contribution is 7.84. The van der Waals surface area contributed by atoms with Gasteiger partial charge in [0.15, 0.2) is 5.03 Å². The molecule has 0 saturated carbocycles. The Labute approximate surface area is 87.7 Å². The van der Waals surface area contributed by atoms with E-state index in [-0.39, 0.29) is 10.6 Å². The van der Waals surface area contributed by atoms with Crippen LogP contribution in [0.2, 0.25) is 0 Å². The summed E-state index contributed by atoms with van der Waals surface area (Å²) in [6.45, 7) is 0. The zero-order valence-electron chi connectivity index (χ0n) is 7.58. The smallest absolute Gasteiger partial charge is 0.264 e. The van der Waals surface area contributed by atoms with Crippen LogP contribution in [0.5, 0.6) is 0 Å². The highest BCUT2D eigenvalue weighted by atomic mass is 32.2. The topological polar surface area (TPSA) is 75.7 Å². The standard InChI is InChI=1S/C9H7N3O2S/c13-7-4-5-9(12-11-7)15(14)8-3-1-2-6-10-8/h1-6H,(H,11,13). The van der Waals surface area contributed by atoms with Crippen LogP contribution >= 0.6 is 0 Å². The number of aromatic amines is 1. The average molecular weight is 221 g/mol. The Hall–Kier alpha value is -1.82. The lowest BCUT2D eigenvalue weighted by molar-refractivity contribution is 0.674. The normalized spacial score (nSPS) is 12.3. The number of nitrogens with one attached hydrogen (secondary N) is 1. The summed E-state index contributed by atoms with van der Waals surface area (Å²) in [7, 11) is -1.45. The van der Waals surface area contributed by atoms with Gasteiger partial charge in [0.1, 0.15) is 15.8 Å². The molecule has 0 aliphatic rings. The minimum absolute atomic E-state index is 0.285. The van der Waals surface area contributed by atoms with Crippen LogP contribution in [0.4, 0.5) is 0 Å². The van der Waals surface area contributed by atoms with Crippen molar-refractivity contribution in [2.45, 2.75) is 10.1 Å². The van der Waals surface area contributed by atoms with Gasteiger partial charge in [-0.2, -0.15) is 5.10 Å². The molecule has 0 aliphatic heterocycles. The summed E-state index contributed by atoms with van der Waals surface area (Å²) < 4.78 is 11.8. The Bertz CT molecular complexity index is 518. The van der Waals surface area contributed by atoms with Crippen LogP contribution in [-0.4, -0.2) is 19.4 Å². The number of rotatable bonds is 2. The van der Waals surface area contributed by atoms with Crippen LogP contribution in [0.1, 0.15) is 0 Å². The number of hydrogen-bond donors (Lipinski definition) is 1. The molecule has 1 unspecified atom stereocenters. The number of H-pyrrole nitrogens is 1. The molecule has 2 aromatic heterocycles. The summed E-state index contributed by atoms with van der Waals surface area (Å²) in [4.78, 5) is 14.7. The molecule has 0 aliphatic carbocycles. The largest absolute Gasteiger partial charge is 0.268 e. The Morgan fingerprint density at radius 2 is 2.00 bits per heavy atom. The SMILES string of the molecule is O=c1ccc(S(=O)c2ccccn2)n[nH]1. The molecule has 6 heteroatoms. The minimum atomic E-state index is -1.45. The molecule has 76 valence electrons. The quantitative estimate of drug-likeness (QED) is 0.793.